The topological polar surface area (TPSA) is 6.48 Å². The van der Waals surface area contributed by atoms with Gasteiger partial charge < -0.3 is 9.80 Å². The van der Waals surface area contributed by atoms with Crippen molar-refractivity contribution in [3.05, 3.63) is 23.8 Å². The molecule has 1 heterocycles. The number of hydrogen-bond acceptors (Lipinski definition) is 2. The maximum absolute atomic E-state index is 2.61. The van der Waals surface area contributed by atoms with Gasteiger partial charge in [-0.1, -0.05) is 47.6 Å². The van der Waals surface area contributed by atoms with Gasteiger partial charge in [-0.2, -0.15) is 0 Å². The molecular weight excluding hydrogens is 280 g/mol. The van der Waals surface area contributed by atoms with Crippen molar-refractivity contribution in [2.24, 2.45) is 5.41 Å². The number of anilines is 2. The van der Waals surface area contributed by atoms with Crippen molar-refractivity contribution in [3.8, 4) is 0 Å². The van der Waals surface area contributed by atoms with Gasteiger partial charge in [-0.05, 0) is 55.2 Å². The summed E-state index contributed by atoms with van der Waals surface area (Å²) < 4.78 is 0. The zero-order valence-corrected chi connectivity index (χ0v) is 16.5. The molecule has 2 nitrogen and oxygen atoms in total. The first-order valence-electron chi connectivity index (χ1n) is 9.26. The number of hydrogen-bond donors (Lipinski definition) is 0. The lowest BCUT2D eigenvalue weighted by molar-refractivity contribution is 0.343. The van der Waals surface area contributed by atoms with Gasteiger partial charge >= 0.3 is 0 Å². The first kappa shape index (κ1) is 18.2. The highest BCUT2D eigenvalue weighted by molar-refractivity contribution is 5.78. The van der Waals surface area contributed by atoms with Crippen molar-refractivity contribution in [3.63, 3.8) is 0 Å². The molecule has 1 aromatic carbocycles. The van der Waals surface area contributed by atoms with E-state index in [4.69, 9.17) is 0 Å². The van der Waals surface area contributed by atoms with Crippen LogP contribution in [0.1, 0.15) is 73.8 Å². The molecule has 1 aromatic rings. The molecule has 0 saturated heterocycles. The molecule has 0 saturated carbocycles. The molecule has 130 valence electrons. The summed E-state index contributed by atoms with van der Waals surface area (Å²) in [6.07, 6.45) is 2.99. The van der Waals surface area contributed by atoms with Gasteiger partial charge in [0.25, 0.3) is 0 Å². The molecule has 23 heavy (non-hydrogen) atoms. The molecule has 0 bridgehead atoms. The van der Waals surface area contributed by atoms with Gasteiger partial charge in [-0.25, -0.2) is 0 Å². The number of nitrogens with zero attached hydrogens (tertiary/aromatic N) is 2. The van der Waals surface area contributed by atoms with E-state index in [0.717, 1.165) is 13.1 Å². The van der Waals surface area contributed by atoms with E-state index in [2.05, 4.69) is 83.4 Å². The third-order valence-corrected chi connectivity index (χ3v) is 5.01. The van der Waals surface area contributed by atoms with Crippen molar-refractivity contribution < 1.29 is 0 Å². The van der Waals surface area contributed by atoms with Crippen LogP contribution in [-0.2, 0) is 5.41 Å². The van der Waals surface area contributed by atoms with Crippen molar-refractivity contribution in [1.29, 1.82) is 0 Å². The third-order valence-electron chi connectivity index (χ3n) is 5.01. The van der Waals surface area contributed by atoms with Crippen LogP contribution in [0.3, 0.4) is 0 Å². The molecule has 0 aromatic heterocycles. The zero-order valence-electron chi connectivity index (χ0n) is 16.5. The molecule has 0 radical (unpaired) electrons. The second-order valence-electron chi connectivity index (χ2n) is 9.11. The first-order valence-corrected chi connectivity index (χ1v) is 9.26. The molecule has 2 rings (SSSR count). The van der Waals surface area contributed by atoms with Crippen LogP contribution in [0.15, 0.2) is 18.2 Å². The minimum absolute atomic E-state index is 0.203. The molecule has 0 N–H and O–H groups in total. The Labute approximate surface area is 143 Å². The SMILES string of the molecule is CCN1c2ccc(C(C)(C)C)cc2N(CC)C1CCC(C)(C)C. The van der Waals surface area contributed by atoms with Crippen LogP contribution in [0.25, 0.3) is 0 Å². The summed E-state index contributed by atoms with van der Waals surface area (Å²) in [5.41, 5.74) is 4.88. The Kier molecular flexibility index (Phi) is 5.03. The van der Waals surface area contributed by atoms with Crippen LogP contribution in [0.5, 0.6) is 0 Å². The fourth-order valence-electron chi connectivity index (χ4n) is 3.59. The number of rotatable bonds is 4. The van der Waals surface area contributed by atoms with Crippen molar-refractivity contribution >= 4 is 11.4 Å². The van der Waals surface area contributed by atoms with Crippen molar-refractivity contribution in [1.82, 2.24) is 0 Å². The normalized spacial score (nSPS) is 18.5. The Hall–Kier alpha value is -1.18. The monoisotopic (exact) mass is 316 g/mol. The van der Waals surface area contributed by atoms with Crippen LogP contribution in [0.2, 0.25) is 0 Å². The first-order chi connectivity index (χ1) is 10.6. The van der Waals surface area contributed by atoms with Gasteiger partial charge in [0.2, 0.25) is 0 Å². The third kappa shape index (κ3) is 3.84. The largest absolute Gasteiger partial charge is 0.350 e. The lowest BCUT2D eigenvalue weighted by Crippen LogP contribution is -2.43. The standard InChI is InChI=1S/C21H36N2/c1-9-22-17-12-11-16(21(6,7)8)15-18(17)23(10-2)19(22)13-14-20(3,4)5/h11-12,15,19H,9-10,13-14H2,1-8H3. The average Bonchev–Trinajstić information content (AvgIpc) is 2.75. The molecule has 0 aliphatic carbocycles. The molecule has 1 aliphatic heterocycles. The molecule has 1 unspecified atom stereocenters. The second-order valence-corrected chi connectivity index (χ2v) is 9.11. The Morgan fingerprint density at radius 2 is 1.43 bits per heavy atom. The van der Waals surface area contributed by atoms with Crippen LogP contribution >= 0.6 is 0 Å². The number of benzene rings is 1. The van der Waals surface area contributed by atoms with Gasteiger partial charge in [0.05, 0.1) is 11.4 Å². The molecule has 1 atom stereocenters. The highest BCUT2D eigenvalue weighted by atomic mass is 15.4. The fourth-order valence-corrected chi connectivity index (χ4v) is 3.59. The Morgan fingerprint density at radius 1 is 0.870 bits per heavy atom. The quantitative estimate of drug-likeness (QED) is 0.692. The van der Waals surface area contributed by atoms with E-state index in [1.54, 1.807) is 0 Å². The average molecular weight is 317 g/mol. The predicted octanol–water partition coefficient (Wildman–Crippen LogP) is 5.80. The summed E-state index contributed by atoms with van der Waals surface area (Å²) in [6.45, 7) is 20.7. The Bertz CT molecular complexity index is 534. The molecule has 0 spiro atoms. The molecule has 0 fully saturated rings. The van der Waals surface area contributed by atoms with Crippen LogP contribution in [0.4, 0.5) is 11.4 Å². The summed E-state index contributed by atoms with van der Waals surface area (Å²) in [6, 6.07) is 7.10. The fraction of sp³-hybridized carbons (Fsp3) is 0.714. The predicted molar refractivity (Wildman–Crippen MR) is 104 cm³/mol. The van der Waals surface area contributed by atoms with Crippen molar-refractivity contribution in [2.75, 3.05) is 22.9 Å². The Balaban J connectivity index is 2.36. The summed E-state index contributed by atoms with van der Waals surface area (Å²) in [5, 5.41) is 0. The number of fused-ring (bicyclic) bond motifs is 1. The summed E-state index contributed by atoms with van der Waals surface area (Å²) in [5.74, 6) is 0. The summed E-state index contributed by atoms with van der Waals surface area (Å²) >= 11 is 0. The maximum atomic E-state index is 2.61. The van der Waals surface area contributed by atoms with E-state index in [9.17, 15) is 0 Å². The van der Waals surface area contributed by atoms with E-state index in [-0.39, 0.29) is 5.41 Å². The van der Waals surface area contributed by atoms with Crippen LogP contribution in [-0.4, -0.2) is 19.3 Å². The highest BCUT2D eigenvalue weighted by Gasteiger charge is 2.35. The smallest absolute Gasteiger partial charge is 0.102 e. The molecule has 1 aliphatic rings. The summed E-state index contributed by atoms with van der Waals surface area (Å²) in [4.78, 5) is 5.21. The zero-order chi connectivity index (χ0) is 17.4. The van der Waals surface area contributed by atoms with E-state index in [1.807, 2.05) is 0 Å². The van der Waals surface area contributed by atoms with E-state index in [0.29, 0.717) is 11.6 Å². The van der Waals surface area contributed by atoms with Gasteiger partial charge in [-0.15, -0.1) is 0 Å². The van der Waals surface area contributed by atoms with Gasteiger partial charge in [0.15, 0.2) is 0 Å². The Morgan fingerprint density at radius 3 is 1.91 bits per heavy atom. The summed E-state index contributed by atoms with van der Waals surface area (Å²) in [7, 11) is 0. The van der Waals surface area contributed by atoms with E-state index in [1.165, 1.54) is 29.8 Å². The lowest BCUT2D eigenvalue weighted by Gasteiger charge is -2.34. The minimum Gasteiger partial charge on any atom is -0.350 e. The minimum atomic E-state index is 0.203. The van der Waals surface area contributed by atoms with Crippen LogP contribution < -0.4 is 9.80 Å². The van der Waals surface area contributed by atoms with E-state index < -0.39 is 0 Å². The molecule has 0 amide bonds. The highest BCUT2D eigenvalue weighted by Crippen LogP contribution is 2.43. The van der Waals surface area contributed by atoms with Crippen molar-refractivity contribution in [2.45, 2.75) is 79.8 Å². The molecule has 2 heteroatoms. The second kappa shape index (κ2) is 6.37. The van der Waals surface area contributed by atoms with Gasteiger partial charge in [0, 0.05) is 13.1 Å². The van der Waals surface area contributed by atoms with E-state index >= 15 is 0 Å². The van der Waals surface area contributed by atoms with Gasteiger partial charge in [0.1, 0.15) is 6.17 Å². The maximum Gasteiger partial charge on any atom is 0.102 e. The van der Waals surface area contributed by atoms with Crippen LogP contribution in [0, 0.1) is 5.41 Å². The lowest BCUT2D eigenvalue weighted by atomic mass is 9.86. The van der Waals surface area contributed by atoms with Gasteiger partial charge in [-0.3, -0.25) is 0 Å². The molecular formula is C21H36N2.